The van der Waals surface area contributed by atoms with Crippen molar-refractivity contribution in [3.8, 4) is 0 Å². The number of hydrogen-bond donors (Lipinski definition) is 0. The van der Waals surface area contributed by atoms with Crippen LogP contribution in [0.4, 0.5) is 0 Å². The number of carboxylic acids is 1. The van der Waals surface area contributed by atoms with Gasteiger partial charge in [0.25, 0.3) is 0 Å². The maximum absolute atomic E-state index is 10.8. The molecular formula is C22H23N2NaO3. The van der Waals surface area contributed by atoms with Crippen LogP contribution in [0.3, 0.4) is 0 Å². The molecule has 0 radical (unpaired) electrons. The fourth-order valence-corrected chi connectivity index (χ4v) is 3.60. The largest absolute Gasteiger partial charge is 1.00 e. The van der Waals surface area contributed by atoms with Crippen LogP contribution in [-0.2, 0) is 22.6 Å². The molecule has 0 aromatic heterocycles. The maximum atomic E-state index is 10.8. The van der Waals surface area contributed by atoms with Gasteiger partial charge in [0.1, 0.15) is 0 Å². The van der Waals surface area contributed by atoms with Crippen LogP contribution in [0.1, 0.15) is 41.7 Å². The van der Waals surface area contributed by atoms with Crippen LogP contribution in [0.25, 0.3) is 0 Å². The maximum Gasteiger partial charge on any atom is 1.00 e. The average Bonchev–Trinajstić information content (AvgIpc) is 3.15. The third-order valence-corrected chi connectivity index (χ3v) is 5.41. The van der Waals surface area contributed by atoms with Crippen LogP contribution in [0.15, 0.2) is 53.7 Å². The summed E-state index contributed by atoms with van der Waals surface area (Å²) in [5, 5.41) is 15.1. The van der Waals surface area contributed by atoms with Crippen molar-refractivity contribution in [2.24, 2.45) is 11.1 Å². The van der Waals surface area contributed by atoms with Gasteiger partial charge < -0.3 is 14.7 Å². The van der Waals surface area contributed by atoms with Gasteiger partial charge in [-0.25, -0.2) is 0 Å². The molecule has 5 nitrogen and oxygen atoms in total. The first-order valence-electron chi connectivity index (χ1n) is 9.46. The molecule has 1 atom stereocenters. The Labute approximate surface area is 187 Å². The minimum Gasteiger partial charge on any atom is -0.550 e. The van der Waals surface area contributed by atoms with Gasteiger partial charge in [0.05, 0.1) is 5.71 Å². The van der Waals surface area contributed by atoms with E-state index in [1.165, 1.54) is 11.1 Å². The summed E-state index contributed by atoms with van der Waals surface area (Å²) in [6.07, 6.45) is 1.78. The number of nitrogens with zero attached hydrogens (tertiary/aromatic N) is 2. The molecule has 4 rings (SSSR count). The molecule has 1 fully saturated rings. The Morgan fingerprint density at radius 2 is 1.75 bits per heavy atom. The van der Waals surface area contributed by atoms with Crippen molar-refractivity contribution in [1.82, 2.24) is 4.90 Å². The number of likely N-dealkylation sites (tertiary alicyclic amines) is 1. The van der Waals surface area contributed by atoms with Crippen molar-refractivity contribution in [1.29, 1.82) is 0 Å². The minimum absolute atomic E-state index is 0. The molecule has 2 heterocycles. The van der Waals surface area contributed by atoms with Crippen LogP contribution >= 0.6 is 0 Å². The van der Waals surface area contributed by atoms with Gasteiger partial charge in [-0.15, -0.1) is 0 Å². The molecule has 0 bridgehead atoms. The molecule has 0 aliphatic carbocycles. The van der Waals surface area contributed by atoms with Crippen molar-refractivity contribution in [3.05, 3.63) is 70.8 Å². The van der Waals surface area contributed by atoms with Crippen LogP contribution < -0.4 is 34.7 Å². The summed E-state index contributed by atoms with van der Waals surface area (Å²) in [5.41, 5.74) is 5.68. The zero-order chi connectivity index (χ0) is 18.8. The zero-order valence-corrected chi connectivity index (χ0v) is 18.4. The molecule has 1 unspecified atom stereocenters. The molecule has 28 heavy (non-hydrogen) atoms. The third kappa shape index (κ3) is 4.66. The number of carboxylic acid groups (broad SMARTS) is 1. The molecule has 0 spiro atoms. The van der Waals surface area contributed by atoms with E-state index in [4.69, 9.17) is 4.84 Å². The number of carbonyl (C=O) groups is 1. The number of hydrogen-bond acceptors (Lipinski definition) is 5. The van der Waals surface area contributed by atoms with E-state index < -0.39 is 5.97 Å². The van der Waals surface area contributed by atoms with E-state index in [-0.39, 0.29) is 41.6 Å². The number of benzene rings is 2. The van der Waals surface area contributed by atoms with Gasteiger partial charge in [-0.2, -0.15) is 0 Å². The number of aliphatic carboxylic acids is 1. The first-order chi connectivity index (χ1) is 13.1. The van der Waals surface area contributed by atoms with Gasteiger partial charge in [-0.3, -0.25) is 4.90 Å². The summed E-state index contributed by atoms with van der Waals surface area (Å²) in [6.45, 7) is 4.06. The summed E-state index contributed by atoms with van der Waals surface area (Å²) in [6, 6.07) is 16.8. The second-order valence-electron chi connectivity index (χ2n) is 7.34. The van der Waals surface area contributed by atoms with E-state index in [1.54, 1.807) is 0 Å². The molecule has 2 aromatic carbocycles. The summed E-state index contributed by atoms with van der Waals surface area (Å²) in [5.74, 6) is -1.27. The molecular weight excluding hydrogens is 363 g/mol. The SMILES string of the molecule is CCc1ccc(C2CC(c3ccc(CN4CC(C(=O)[O-])C4)cc3)=NO2)cc1.[Na+]. The first-order valence-corrected chi connectivity index (χ1v) is 9.46. The predicted molar refractivity (Wildman–Crippen MR) is 101 cm³/mol. The van der Waals surface area contributed by atoms with Gasteiger partial charge in [0.2, 0.25) is 0 Å². The number of carbonyl (C=O) groups excluding carboxylic acids is 1. The second-order valence-corrected chi connectivity index (χ2v) is 7.34. The third-order valence-electron chi connectivity index (χ3n) is 5.41. The molecule has 2 aliphatic heterocycles. The fourth-order valence-electron chi connectivity index (χ4n) is 3.60. The summed E-state index contributed by atoms with van der Waals surface area (Å²) in [7, 11) is 0. The van der Waals surface area contributed by atoms with Crippen LogP contribution in [0, 0.1) is 5.92 Å². The summed E-state index contributed by atoms with van der Waals surface area (Å²) in [4.78, 5) is 18.5. The van der Waals surface area contributed by atoms with Crippen LogP contribution in [-0.4, -0.2) is 29.7 Å². The van der Waals surface area contributed by atoms with E-state index in [0.717, 1.165) is 36.2 Å². The summed E-state index contributed by atoms with van der Waals surface area (Å²) < 4.78 is 0. The average molecular weight is 386 g/mol. The number of aryl methyl sites for hydroxylation is 1. The quantitative estimate of drug-likeness (QED) is 0.616. The first kappa shape index (κ1) is 21.1. The monoisotopic (exact) mass is 386 g/mol. The van der Waals surface area contributed by atoms with Gasteiger partial charge in [0, 0.05) is 37.9 Å². The molecule has 2 aliphatic rings. The van der Waals surface area contributed by atoms with Gasteiger partial charge in [-0.05, 0) is 28.7 Å². The van der Waals surface area contributed by atoms with E-state index in [1.807, 2.05) is 0 Å². The van der Waals surface area contributed by atoms with Gasteiger partial charge in [-0.1, -0.05) is 60.6 Å². The topological polar surface area (TPSA) is 65.0 Å². The van der Waals surface area contributed by atoms with Crippen LogP contribution in [0.2, 0.25) is 0 Å². The molecule has 2 aromatic rings. The van der Waals surface area contributed by atoms with E-state index in [2.05, 4.69) is 65.5 Å². The Morgan fingerprint density at radius 1 is 1.11 bits per heavy atom. The smallest absolute Gasteiger partial charge is 0.550 e. The molecule has 140 valence electrons. The van der Waals surface area contributed by atoms with Crippen molar-refractivity contribution in [2.75, 3.05) is 13.1 Å². The van der Waals surface area contributed by atoms with Crippen molar-refractivity contribution in [3.63, 3.8) is 0 Å². The number of rotatable bonds is 6. The molecule has 0 saturated carbocycles. The summed E-state index contributed by atoms with van der Waals surface area (Å²) >= 11 is 0. The number of oxime groups is 1. The van der Waals surface area contributed by atoms with Gasteiger partial charge >= 0.3 is 29.6 Å². The minimum atomic E-state index is -0.945. The van der Waals surface area contributed by atoms with Crippen molar-refractivity contribution < 1.29 is 44.3 Å². The Bertz CT molecular complexity index is 843. The van der Waals surface area contributed by atoms with E-state index in [0.29, 0.717) is 13.1 Å². The Kier molecular flexibility index (Phi) is 6.94. The fraction of sp³-hybridized carbons (Fsp3) is 0.364. The van der Waals surface area contributed by atoms with Crippen LogP contribution in [0.5, 0.6) is 0 Å². The Balaban J connectivity index is 0.00000225. The molecule has 0 N–H and O–H groups in total. The van der Waals surface area contributed by atoms with Crippen molar-refractivity contribution >= 4 is 11.7 Å². The van der Waals surface area contributed by atoms with Crippen molar-refractivity contribution in [2.45, 2.75) is 32.4 Å². The molecule has 6 heteroatoms. The van der Waals surface area contributed by atoms with E-state index >= 15 is 0 Å². The second kappa shape index (κ2) is 9.23. The Morgan fingerprint density at radius 3 is 2.36 bits per heavy atom. The molecule has 0 amide bonds. The normalized spacial score (nSPS) is 19.3. The predicted octanol–water partition coefficient (Wildman–Crippen LogP) is -0.700. The standard InChI is InChI=1S/C22H24N2O3.Na/c1-2-15-3-9-18(10-4-15)21-11-20(23-27-21)17-7-5-16(6-8-17)12-24-13-19(14-24)22(25)26;/h3-10,19,21H,2,11-14H2,1H3,(H,25,26);/q;+1/p-1. The Hall–Kier alpha value is -1.66. The van der Waals surface area contributed by atoms with Gasteiger partial charge in [0.15, 0.2) is 6.10 Å². The molecule has 1 saturated heterocycles. The van der Waals surface area contributed by atoms with E-state index in [9.17, 15) is 9.90 Å². The zero-order valence-electron chi connectivity index (χ0n) is 16.4.